The van der Waals surface area contributed by atoms with Gasteiger partial charge in [0.25, 0.3) is 0 Å². The molecule has 1 aromatic carbocycles. The fourth-order valence-electron chi connectivity index (χ4n) is 2.43. The molecule has 1 heterocycles. The van der Waals surface area contributed by atoms with Gasteiger partial charge < -0.3 is 19.3 Å². The molecular formula is C17H26O4. The second kappa shape index (κ2) is 9.90. The molecule has 4 nitrogen and oxygen atoms in total. The molecule has 21 heavy (non-hydrogen) atoms. The number of benzene rings is 1. The number of hydrogen-bond donors (Lipinski definition) is 1. The Balaban J connectivity index is 1.72. The molecule has 0 spiro atoms. The molecule has 0 aliphatic carbocycles. The van der Waals surface area contributed by atoms with E-state index < -0.39 is 0 Å². The van der Waals surface area contributed by atoms with E-state index in [0.717, 1.165) is 44.3 Å². The van der Waals surface area contributed by atoms with Gasteiger partial charge in [0.1, 0.15) is 0 Å². The third kappa shape index (κ3) is 6.57. The SMILES string of the molecule is OCCC[C@H](COCc1ccccc1)OC1CCCCO1. The summed E-state index contributed by atoms with van der Waals surface area (Å²) in [5.41, 5.74) is 1.16. The standard InChI is InChI=1S/C17H26O4/c18-11-6-9-16(21-17-10-4-5-12-20-17)14-19-13-15-7-2-1-3-8-15/h1-3,7-8,16-18H,4-6,9-14H2/t16-,17?/m1/s1. The van der Waals surface area contributed by atoms with E-state index in [4.69, 9.17) is 19.3 Å². The lowest BCUT2D eigenvalue weighted by molar-refractivity contribution is -0.200. The van der Waals surface area contributed by atoms with E-state index in [-0.39, 0.29) is 19.0 Å². The molecule has 1 aromatic rings. The molecular weight excluding hydrogens is 268 g/mol. The number of aliphatic hydroxyl groups excluding tert-OH is 1. The summed E-state index contributed by atoms with van der Waals surface area (Å²) in [7, 11) is 0. The second-order valence-corrected chi connectivity index (χ2v) is 5.42. The molecule has 1 fully saturated rings. The van der Waals surface area contributed by atoms with Crippen LogP contribution in [0, 0.1) is 0 Å². The molecule has 0 radical (unpaired) electrons. The van der Waals surface area contributed by atoms with Gasteiger partial charge in [-0.3, -0.25) is 0 Å². The largest absolute Gasteiger partial charge is 0.396 e. The number of rotatable bonds is 9. The maximum atomic E-state index is 9.00. The summed E-state index contributed by atoms with van der Waals surface area (Å²) >= 11 is 0. The van der Waals surface area contributed by atoms with Crippen molar-refractivity contribution in [2.75, 3.05) is 19.8 Å². The molecule has 1 saturated heterocycles. The molecule has 0 saturated carbocycles. The zero-order chi connectivity index (χ0) is 14.8. The molecule has 0 aromatic heterocycles. The Bertz CT molecular complexity index is 362. The van der Waals surface area contributed by atoms with Gasteiger partial charge in [-0.1, -0.05) is 30.3 Å². The van der Waals surface area contributed by atoms with E-state index in [2.05, 4.69) is 0 Å². The van der Waals surface area contributed by atoms with Crippen molar-refractivity contribution in [1.82, 2.24) is 0 Å². The van der Waals surface area contributed by atoms with E-state index in [1.54, 1.807) is 0 Å². The van der Waals surface area contributed by atoms with Gasteiger partial charge in [-0.25, -0.2) is 0 Å². The number of hydrogen-bond acceptors (Lipinski definition) is 4. The van der Waals surface area contributed by atoms with Crippen molar-refractivity contribution in [1.29, 1.82) is 0 Å². The van der Waals surface area contributed by atoms with Crippen molar-refractivity contribution in [3.8, 4) is 0 Å². The van der Waals surface area contributed by atoms with Gasteiger partial charge in [0.05, 0.1) is 19.3 Å². The minimum Gasteiger partial charge on any atom is -0.396 e. The Morgan fingerprint density at radius 2 is 2.10 bits per heavy atom. The molecule has 0 amide bonds. The predicted molar refractivity (Wildman–Crippen MR) is 80.9 cm³/mol. The highest BCUT2D eigenvalue weighted by atomic mass is 16.7. The quantitative estimate of drug-likeness (QED) is 0.761. The highest BCUT2D eigenvalue weighted by molar-refractivity contribution is 5.13. The summed E-state index contributed by atoms with van der Waals surface area (Å²) in [6.07, 6.45) is 4.63. The minimum atomic E-state index is -0.109. The predicted octanol–water partition coefficient (Wildman–Crippen LogP) is 2.89. The van der Waals surface area contributed by atoms with Gasteiger partial charge in [-0.15, -0.1) is 0 Å². The number of aliphatic hydroxyl groups is 1. The number of ether oxygens (including phenoxy) is 3. The van der Waals surface area contributed by atoms with Crippen LogP contribution in [0.4, 0.5) is 0 Å². The third-order valence-corrected chi connectivity index (χ3v) is 3.58. The van der Waals surface area contributed by atoms with Crippen molar-refractivity contribution in [3.63, 3.8) is 0 Å². The summed E-state index contributed by atoms with van der Waals surface area (Å²) in [5.74, 6) is 0. The highest BCUT2D eigenvalue weighted by Crippen LogP contribution is 2.17. The Morgan fingerprint density at radius 1 is 1.24 bits per heavy atom. The van der Waals surface area contributed by atoms with E-state index in [1.807, 2.05) is 30.3 Å². The van der Waals surface area contributed by atoms with Gasteiger partial charge in [-0.2, -0.15) is 0 Å². The average molecular weight is 294 g/mol. The van der Waals surface area contributed by atoms with Crippen LogP contribution >= 0.6 is 0 Å². The summed E-state index contributed by atoms with van der Waals surface area (Å²) in [6, 6.07) is 10.1. The molecule has 2 rings (SSSR count). The van der Waals surface area contributed by atoms with Crippen LogP contribution in [0.15, 0.2) is 30.3 Å². The molecule has 1 unspecified atom stereocenters. The van der Waals surface area contributed by atoms with Crippen LogP contribution < -0.4 is 0 Å². The van der Waals surface area contributed by atoms with Crippen LogP contribution in [0.1, 0.15) is 37.7 Å². The summed E-state index contributed by atoms with van der Waals surface area (Å²) in [6.45, 7) is 2.09. The zero-order valence-electron chi connectivity index (χ0n) is 12.6. The molecule has 118 valence electrons. The average Bonchev–Trinajstić information content (AvgIpc) is 2.54. The van der Waals surface area contributed by atoms with Gasteiger partial charge >= 0.3 is 0 Å². The first kappa shape index (κ1) is 16.4. The maximum Gasteiger partial charge on any atom is 0.158 e. The first-order valence-corrected chi connectivity index (χ1v) is 7.88. The fourth-order valence-corrected chi connectivity index (χ4v) is 2.43. The van der Waals surface area contributed by atoms with Crippen LogP contribution in [0.25, 0.3) is 0 Å². The van der Waals surface area contributed by atoms with Crippen molar-refractivity contribution in [2.45, 2.75) is 51.1 Å². The monoisotopic (exact) mass is 294 g/mol. The summed E-state index contributed by atoms with van der Waals surface area (Å²) in [4.78, 5) is 0. The molecule has 1 aliphatic heterocycles. The van der Waals surface area contributed by atoms with E-state index >= 15 is 0 Å². The van der Waals surface area contributed by atoms with Crippen LogP contribution in [0.5, 0.6) is 0 Å². The summed E-state index contributed by atoms with van der Waals surface area (Å²) in [5, 5.41) is 9.00. The van der Waals surface area contributed by atoms with E-state index in [0.29, 0.717) is 13.2 Å². The third-order valence-electron chi connectivity index (χ3n) is 3.58. The molecule has 1 N–H and O–H groups in total. The first-order chi connectivity index (χ1) is 10.4. The van der Waals surface area contributed by atoms with E-state index in [9.17, 15) is 0 Å². The minimum absolute atomic E-state index is 0.0102. The lowest BCUT2D eigenvalue weighted by atomic mass is 10.2. The van der Waals surface area contributed by atoms with Crippen LogP contribution in [0.2, 0.25) is 0 Å². The smallest absolute Gasteiger partial charge is 0.158 e. The normalized spacial score (nSPS) is 20.3. The maximum absolute atomic E-state index is 9.00. The van der Waals surface area contributed by atoms with Crippen LogP contribution in [-0.2, 0) is 20.8 Å². The topological polar surface area (TPSA) is 47.9 Å². The van der Waals surface area contributed by atoms with Crippen molar-refractivity contribution >= 4 is 0 Å². The Labute approximate surface area is 127 Å². The molecule has 4 heteroatoms. The fraction of sp³-hybridized carbons (Fsp3) is 0.647. The molecule has 2 atom stereocenters. The van der Waals surface area contributed by atoms with Crippen molar-refractivity contribution < 1.29 is 19.3 Å². The first-order valence-electron chi connectivity index (χ1n) is 7.88. The van der Waals surface area contributed by atoms with Crippen molar-refractivity contribution in [3.05, 3.63) is 35.9 Å². The highest BCUT2D eigenvalue weighted by Gasteiger charge is 2.19. The van der Waals surface area contributed by atoms with E-state index in [1.165, 1.54) is 0 Å². The zero-order valence-corrected chi connectivity index (χ0v) is 12.6. The van der Waals surface area contributed by atoms with Crippen molar-refractivity contribution in [2.24, 2.45) is 0 Å². The molecule has 0 bridgehead atoms. The van der Waals surface area contributed by atoms with Crippen LogP contribution in [0.3, 0.4) is 0 Å². The van der Waals surface area contributed by atoms with Gasteiger partial charge in [0.15, 0.2) is 6.29 Å². The molecule has 1 aliphatic rings. The lowest BCUT2D eigenvalue weighted by Gasteiger charge is -2.27. The Morgan fingerprint density at radius 3 is 2.81 bits per heavy atom. The van der Waals surface area contributed by atoms with Crippen LogP contribution in [-0.4, -0.2) is 37.3 Å². The lowest BCUT2D eigenvalue weighted by Crippen LogP contribution is -2.30. The van der Waals surface area contributed by atoms with Gasteiger partial charge in [0, 0.05) is 13.2 Å². The Kier molecular flexibility index (Phi) is 7.75. The van der Waals surface area contributed by atoms with Gasteiger partial charge in [0.2, 0.25) is 0 Å². The summed E-state index contributed by atoms with van der Waals surface area (Å²) < 4.78 is 17.3. The second-order valence-electron chi connectivity index (χ2n) is 5.42. The Hall–Kier alpha value is -0.940. The van der Waals surface area contributed by atoms with Gasteiger partial charge in [-0.05, 0) is 37.7 Å².